The van der Waals surface area contributed by atoms with Gasteiger partial charge in [-0.25, -0.2) is 0 Å². The average Bonchev–Trinajstić information content (AvgIpc) is 2.83. The summed E-state index contributed by atoms with van der Waals surface area (Å²) >= 11 is 0. The van der Waals surface area contributed by atoms with Crippen molar-refractivity contribution in [3.8, 4) is 0 Å². The number of aliphatic hydroxyl groups is 1. The van der Waals surface area contributed by atoms with Crippen LogP contribution in [0.2, 0.25) is 0 Å². The van der Waals surface area contributed by atoms with E-state index in [9.17, 15) is 5.11 Å². The minimum atomic E-state index is -1.00. The molecule has 2 unspecified atom stereocenters. The van der Waals surface area contributed by atoms with Gasteiger partial charge in [-0.05, 0) is 24.5 Å². The highest BCUT2D eigenvalue weighted by molar-refractivity contribution is 5.49. The number of rotatable bonds is 3. The summed E-state index contributed by atoms with van der Waals surface area (Å²) in [5.74, 6) is -0.789. The molecule has 0 amide bonds. The Morgan fingerprint density at radius 3 is 2.61 bits per heavy atom. The summed E-state index contributed by atoms with van der Waals surface area (Å²) in [7, 11) is 0. The van der Waals surface area contributed by atoms with E-state index < -0.39 is 11.4 Å². The van der Waals surface area contributed by atoms with Gasteiger partial charge in [0.1, 0.15) is 5.60 Å². The summed E-state index contributed by atoms with van der Waals surface area (Å²) in [6.45, 7) is 5.11. The Hall–Kier alpha value is -0.900. The first-order valence-corrected chi connectivity index (χ1v) is 6.73. The molecule has 0 aromatic heterocycles. The van der Waals surface area contributed by atoms with Crippen molar-refractivity contribution >= 4 is 0 Å². The maximum absolute atomic E-state index is 11.2. The van der Waals surface area contributed by atoms with Crippen molar-refractivity contribution in [2.45, 2.75) is 44.0 Å². The van der Waals surface area contributed by atoms with Crippen molar-refractivity contribution in [3.63, 3.8) is 0 Å². The molecule has 1 aromatic carbocycles. The summed E-state index contributed by atoms with van der Waals surface area (Å²) < 4.78 is 11.4. The van der Waals surface area contributed by atoms with E-state index in [0.717, 1.165) is 18.4 Å². The molecule has 1 aliphatic heterocycles. The van der Waals surface area contributed by atoms with Crippen LogP contribution in [0.15, 0.2) is 24.3 Å². The molecule has 2 aliphatic rings. The second-order valence-corrected chi connectivity index (χ2v) is 5.34. The minimum absolute atomic E-state index is 0.113. The molecule has 0 bridgehead atoms. The molecular weight excluding hydrogens is 228 g/mol. The molecule has 3 nitrogen and oxygen atoms in total. The second-order valence-electron chi connectivity index (χ2n) is 5.34. The topological polar surface area (TPSA) is 38.7 Å². The van der Waals surface area contributed by atoms with Crippen LogP contribution in [0, 0.1) is 0 Å². The van der Waals surface area contributed by atoms with Crippen LogP contribution in [0.4, 0.5) is 0 Å². The molecule has 98 valence electrons. The lowest BCUT2D eigenvalue weighted by molar-refractivity contribution is -0.285. The van der Waals surface area contributed by atoms with Crippen LogP contribution >= 0.6 is 0 Å². The normalized spacial score (nSPS) is 32.9. The number of ether oxygens (including phenoxy) is 2. The van der Waals surface area contributed by atoms with Gasteiger partial charge in [-0.1, -0.05) is 37.6 Å². The molecule has 18 heavy (non-hydrogen) atoms. The quantitative estimate of drug-likeness (QED) is 0.893. The predicted molar refractivity (Wildman–Crippen MR) is 68.3 cm³/mol. The lowest BCUT2D eigenvalue weighted by atomic mass is 9.59. The standard InChI is InChI=1S/C15H20O3/c1-3-6-12-11-7-4-5-8-13(11)15(12,16)14(2)17-9-10-18-14/h4-5,7-8,12,16H,3,6,9-10H2,1-2H3. The molecule has 0 saturated carbocycles. The van der Waals surface area contributed by atoms with Crippen LogP contribution in [0.3, 0.4) is 0 Å². The maximum atomic E-state index is 11.2. The van der Waals surface area contributed by atoms with Gasteiger partial charge in [-0.2, -0.15) is 0 Å². The van der Waals surface area contributed by atoms with Crippen molar-refractivity contribution in [2.24, 2.45) is 0 Å². The van der Waals surface area contributed by atoms with Gasteiger partial charge in [-0.15, -0.1) is 0 Å². The highest BCUT2D eigenvalue weighted by Gasteiger charge is 2.63. The van der Waals surface area contributed by atoms with E-state index in [1.165, 1.54) is 5.56 Å². The average molecular weight is 248 g/mol. The number of fused-ring (bicyclic) bond motifs is 1. The summed E-state index contributed by atoms with van der Waals surface area (Å²) in [6, 6.07) is 8.07. The van der Waals surface area contributed by atoms with Crippen LogP contribution in [0.25, 0.3) is 0 Å². The zero-order chi connectivity index (χ0) is 12.8. The molecule has 1 heterocycles. The SMILES string of the molecule is CCCC1c2ccccc2C1(O)C1(C)OCCO1. The third kappa shape index (κ3) is 1.35. The summed E-state index contributed by atoms with van der Waals surface area (Å²) in [6.07, 6.45) is 1.99. The minimum Gasteiger partial charge on any atom is -0.379 e. The highest BCUT2D eigenvalue weighted by Crippen LogP contribution is 2.59. The Bertz CT molecular complexity index is 451. The van der Waals surface area contributed by atoms with Crippen LogP contribution in [-0.4, -0.2) is 24.1 Å². The zero-order valence-electron chi connectivity index (χ0n) is 11.0. The number of hydrogen-bond acceptors (Lipinski definition) is 3. The summed E-state index contributed by atoms with van der Waals surface area (Å²) in [5.41, 5.74) is 1.20. The van der Waals surface area contributed by atoms with Gasteiger partial charge in [0.15, 0.2) is 5.79 Å². The first-order chi connectivity index (χ1) is 8.63. The number of benzene rings is 1. The van der Waals surface area contributed by atoms with E-state index in [1.54, 1.807) is 0 Å². The molecule has 1 aromatic rings. The van der Waals surface area contributed by atoms with Gasteiger partial charge in [-0.3, -0.25) is 0 Å². The van der Waals surface area contributed by atoms with E-state index in [4.69, 9.17) is 9.47 Å². The molecule has 1 N–H and O–H groups in total. The van der Waals surface area contributed by atoms with Crippen molar-refractivity contribution in [1.82, 2.24) is 0 Å². The molecule has 0 radical (unpaired) electrons. The van der Waals surface area contributed by atoms with Gasteiger partial charge in [0.05, 0.1) is 13.2 Å². The Labute approximate surface area is 108 Å². The van der Waals surface area contributed by atoms with Crippen molar-refractivity contribution in [3.05, 3.63) is 35.4 Å². The maximum Gasteiger partial charge on any atom is 0.199 e. The van der Waals surface area contributed by atoms with E-state index in [1.807, 2.05) is 25.1 Å². The van der Waals surface area contributed by atoms with E-state index in [0.29, 0.717) is 13.2 Å². The molecular formula is C15H20O3. The Kier molecular flexibility index (Phi) is 2.73. The fourth-order valence-electron chi connectivity index (χ4n) is 3.43. The van der Waals surface area contributed by atoms with E-state index >= 15 is 0 Å². The zero-order valence-corrected chi connectivity index (χ0v) is 11.0. The third-order valence-electron chi connectivity index (χ3n) is 4.36. The van der Waals surface area contributed by atoms with E-state index in [2.05, 4.69) is 13.0 Å². The fourth-order valence-corrected chi connectivity index (χ4v) is 3.43. The molecule has 1 aliphatic carbocycles. The Morgan fingerprint density at radius 1 is 1.28 bits per heavy atom. The van der Waals surface area contributed by atoms with Gasteiger partial charge in [0, 0.05) is 5.92 Å². The molecule has 1 fully saturated rings. The summed E-state index contributed by atoms with van der Waals surface area (Å²) in [5, 5.41) is 11.2. The third-order valence-corrected chi connectivity index (χ3v) is 4.36. The van der Waals surface area contributed by atoms with Crippen LogP contribution in [-0.2, 0) is 15.1 Å². The molecule has 1 saturated heterocycles. The second kappa shape index (κ2) is 4.05. The largest absolute Gasteiger partial charge is 0.379 e. The molecule has 3 rings (SSSR count). The van der Waals surface area contributed by atoms with Crippen LogP contribution < -0.4 is 0 Å². The smallest absolute Gasteiger partial charge is 0.199 e. The monoisotopic (exact) mass is 248 g/mol. The van der Waals surface area contributed by atoms with Gasteiger partial charge in [0.2, 0.25) is 0 Å². The van der Waals surface area contributed by atoms with Gasteiger partial charge in [0.25, 0.3) is 0 Å². The van der Waals surface area contributed by atoms with Crippen LogP contribution in [0.5, 0.6) is 0 Å². The van der Waals surface area contributed by atoms with Crippen molar-refractivity contribution < 1.29 is 14.6 Å². The first kappa shape index (κ1) is 12.2. The van der Waals surface area contributed by atoms with Crippen molar-refractivity contribution in [2.75, 3.05) is 13.2 Å². The summed E-state index contributed by atoms with van der Waals surface area (Å²) in [4.78, 5) is 0. The van der Waals surface area contributed by atoms with Gasteiger partial charge >= 0.3 is 0 Å². The van der Waals surface area contributed by atoms with Crippen LogP contribution in [0.1, 0.15) is 43.7 Å². The van der Waals surface area contributed by atoms with Crippen molar-refractivity contribution in [1.29, 1.82) is 0 Å². The molecule has 3 heteroatoms. The predicted octanol–water partition coefficient (Wildman–Crippen LogP) is 2.53. The van der Waals surface area contributed by atoms with Gasteiger partial charge < -0.3 is 14.6 Å². The van der Waals surface area contributed by atoms with E-state index in [-0.39, 0.29) is 5.92 Å². The molecule has 0 spiro atoms. The Balaban J connectivity index is 2.05. The lowest BCUT2D eigenvalue weighted by Crippen LogP contribution is -2.60. The first-order valence-electron chi connectivity index (χ1n) is 6.73. The molecule has 2 atom stereocenters. The fraction of sp³-hybridized carbons (Fsp3) is 0.600. The number of hydrogen-bond donors (Lipinski definition) is 1. The lowest BCUT2D eigenvalue weighted by Gasteiger charge is -2.54. The highest BCUT2D eigenvalue weighted by atomic mass is 16.7. The Morgan fingerprint density at radius 2 is 1.94 bits per heavy atom.